The second kappa shape index (κ2) is 9.09. The highest BCUT2D eigenvalue weighted by Crippen LogP contribution is 2.59. The summed E-state index contributed by atoms with van der Waals surface area (Å²) in [5.41, 5.74) is 14.5. The maximum absolute atomic E-state index is 2.55. The van der Waals surface area contributed by atoms with Crippen LogP contribution in [0.5, 0.6) is 0 Å². The van der Waals surface area contributed by atoms with Gasteiger partial charge in [-0.05, 0) is 84.4 Å². The van der Waals surface area contributed by atoms with Crippen LogP contribution in [0.15, 0.2) is 78.4 Å². The van der Waals surface area contributed by atoms with Gasteiger partial charge in [-0.15, -0.1) is 0 Å². The summed E-state index contributed by atoms with van der Waals surface area (Å²) in [4.78, 5) is 0. The van der Waals surface area contributed by atoms with Crippen LogP contribution in [0.4, 0.5) is 0 Å². The molecule has 3 aromatic carbocycles. The van der Waals surface area contributed by atoms with Crippen LogP contribution in [-0.4, -0.2) is 0 Å². The molecule has 0 radical (unpaired) electrons. The molecule has 1 unspecified atom stereocenters. The lowest BCUT2D eigenvalue weighted by Gasteiger charge is -2.35. The Kier molecular flexibility index (Phi) is 6.45. The van der Waals surface area contributed by atoms with Gasteiger partial charge in [-0.25, -0.2) is 0 Å². The fraction of sp³-hybridized carbons (Fsp3) is 0.436. The largest absolute Gasteiger partial charge is 0.0804 e. The topological polar surface area (TPSA) is 0 Å². The molecule has 0 fully saturated rings. The molecule has 0 saturated carbocycles. The first-order valence-corrected chi connectivity index (χ1v) is 14.8. The van der Waals surface area contributed by atoms with Crippen LogP contribution in [0.3, 0.4) is 0 Å². The smallest absolute Gasteiger partial charge is 0.0194 e. The van der Waals surface area contributed by atoms with Crippen LogP contribution >= 0.6 is 0 Å². The molecule has 0 amide bonds. The van der Waals surface area contributed by atoms with Crippen molar-refractivity contribution in [3.05, 3.63) is 106 Å². The van der Waals surface area contributed by atoms with Gasteiger partial charge in [0.15, 0.2) is 0 Å². The van der Waals surface area contributed by atoms with Crippen LogP contribution in [-0.2, 0) is 16.2 Å². The number of allylic oxidation sites excluding steroid dienone is 4. The van der Waals surface area contributed by atoms with E-state index in [1.165, 1.54) is 55.6 Å². The van der Waals surface area contributed by atoms with E-state index in [1.807, 2.05) is 0 Å². The molecule has 0 saturated heterocycles. The second-order valence-corrected chi connectivity index (χ2v) is 15.6. The summed E-state index contributed by atoms with van der Waals surface area (Å²) in [5, 5.41) is 0. The van der Waals surface area contributed by atoms with Gasteiger partial charge in [0.05, 0.1) is 0 Å². The molecule has 0 nitrogen and oxygen atoms in total. The Hall–Kier alpha value is -2.86. The lowest BCUT2D eigenvalue weighted by Crippen LogP contribution is -2.24. The van der Waals surface area contributed by atoms with Crippen LogP contribution in [0.1, 0.15) is 116 Å². The normalized spacial score (nSPS) is 17.3. The molecule has 39 heavy (non-hydrogen) atoms. The van der Waals surface area contributed by atoms with Crippen molar-refractivity contribution in [3.8, 4) is 22.3 Å². The van der Waals surface area contributed by atoms with Crippen LogP contribution in [0, 0.1) is 5.41 Å². The summed E-state index contributed by atoms with van der Waals surface area (Å²) >= 11 is 0. The van der Waals surface area contributed by atoms with E-state index in [1.54, 1.807) is 0 Å². The molecule has 204 valence electrons. The van der Waals surface area contributed by atoms with Crippen LogP contribution < -0.4 is 0 Å². The first kappa shape index (κ1) is 27.7. The molecule has 0 spiro atoms. The third kappa shape index (κ3) is 4.86. The van der Waals surface area contributed by atoms with Crippen molar-refractivity contribution in [2.75, 3.05) is 0 Å². The molecule has 3 aromatic rings. The summed E-state index contributed by atoms with van der Waals surface area (Å²) in [6, 6.07) is 21.7. The Bertz CT molecular complexity index is 1470. The molecule has 0 bridgehead atoms. The summed E-state index contributed by atoms with van der Waals surface area (Å²) < 4.78 is 0. The number of fused-ring (bicyclic) bond motifs is 3. The minimum Gasteiger partial charge on any atom is -0.0804 e. The van der Waals surface area contributed by atoms with E-state index in [-0.39, 0.29) is 21.7 Å². The first-order chi connectivity index (χ1) is 18.0. The molecule has 2 aliphatic rings. The van der Waals surface area contributed by atoms with Gasteiger partial charge in [0.1, 0.15) is 0 Å². The van der Waals surface area contributed by atoms with Gasteiger partial charge in [-0.1, -0.05) is 143 Å². The van der Waals surface area contributed by atoms with Crippen LogP contribution in [0.2, 0.25) is 0 Å². The fourth-order valence-electron chi connectivity index (χ4n) is 6.55. The third-order valence-corrected chi connectivity index (χ3v) is 9.14. The Morgan fingerprint density at radius 1 is 0.564 bits per heavy atom. The van der Waals surface area contributed by atoms with Gasteiger partial charge < -0.3 is 0 Å². The molecule has 0 heteroatoms. The maximum Gasteiger partial charge on any atom is 0.0194 e. The molecular formula is C39H48. The Morgan fingerprint density at radius 3 is 1.67 bits per heavy atom. The van der Waals surface area contributed by atoms with Crippen molar-refractivity contribution >= 4 is 0 Å². The molecule has 2 aliphatic carbocycles. The Balaban J connectivity index is 1.83. The van der Waals surface area contributed by atoms with Crippen LogP contribution in [0.25, 0.3) is 22.3 Å². The van der Waals surface area contributed by atoms with Gasteiger partial charge in [-0.2, -0.15) is 0 Å². The zero-order valence-corrected chi connectivity index (χ0v) is 26.2. The molecule has 0 heterocycles. The summed E-state index contributed by atoms with van der Waals surface area (Å²) in [6.07, 6.45) is 8.16. The highest BCUT2D eigenvalue weighted by Gasteiger charge is 2.43. The molecule has 1 atom stereocenters. The van der Waals surface area contributed by atoms with E-state index in [2.05, 4.69) is 149 Å². The maximum atomic E-state index is 2.55. The zero-order chi connectivity index (χ0) is 28.5. The second-order valence-electron chi connectivity index (χ2n) is 15.6. The number of hydrogen-bond acceptors (Lipinski definition) is 0. The number of benzene rings is 3. The van der Waals surface area contributed by atoms with Gasteiger partial charge >= 0.3 is 0 Å². The van der Waals surface area contributed by atoms with E-state index < -0.39 is 0 Å². The van der Waals surface area contributed by atoms with Crippen molar-refractivity contribution < 1.29 is 0 Å². The van der Waals surface area contributed by atoms with Crippen molar-refractivity contribution in [3.63, 3.8) is 0 Å². The Labute approximate surface area is 238 Å². The van der Waals surface area contributed by atoms with E-state index in [4.69, 9.17) is 0 Å². The van der Waals surface area contributed by atoms with E-state index in [0.717, 1.165) is 6.42 Å². The molecule has 5 rings (SSSR count). The van der Waals surface area contributed by atoms with Crippen molar-refractivity contribution in [2.24, 2.45) is 5.41 Å². The Morgan fingerprint density at radius 2 is 1.13 bits per heavy atom. The van der Waals surface area contributed by atoms with Crippen molar-refractivity contribution in [2.45, 2.75) is 105 Å². The van der Waals surface area contributed by atoms with Crippen molar-refractivity contribution in [1.82, 2.24) is 0 Å². The lowest BCUT2D eigenvalue weighted by atomic mass is 9.68. The number of hydrogen-bond donors (Lipinski definition) is 0. The summed E-state index contributed by atoms with van der Waals surface area (Å²) in [6.45, 7) is 25.9. The van der Waals surface area contributed by atoms with Gasteiger partial charge in [0.25, 0.3) is 0 Å². The highest BCUT2D eigenvalue weighted by molar-refractivity contribution is 5.93. The van der Waals surface area contributed by atoms with E-state index in [9.17, 15) is 0 Å². The third-order valence-electron chi connectivity index (χ3n) is 9.14. The van der Waals surface area contributed by atoms with E-state index >= 15 is 0 Å². The average molecular weight is 517 g/mol. The highest BCUT2D eigenvalue weighted by atomic mass is 14.5. The summed E-state index contributed by atoms with van der Waals surface area (Å²) in [7, 11) is 0. The quantitative estimate of drug-likeness (QED) is 0.325. The van der Waals surface area contributed by atoms with Gasteiger partial charge in [0.2, 0.25) is 0 Å². The molecular weight excluding hydrogens is 468 g/mol. The lowest BCUT2D eigenvalue weighted by molar-refractivity contribution is 0.402. The molecule has 0 aliphatic heterocycles. The predicted octanol–water partition coefficient (Wildman–Crippen LogP) is 11.3. The minimum atomic E-state index is -0.0205. The van der Waals surface area contributed by atoms with E-state index in [0.29, 0.717) is 5.92 Å². The van der Waals surface area contributed by atoms with Gasteiger partial charge in [-0.3, -0.25) is 0 Å². The average Bonchev–Trinajstić information content (AvgIpc) is 3.49. The van der Waals surface area contributed by atoms with Gasteiger partial charge in [0, 0.05) is 11.3 Å². The molecule has 0 N–H and O–H groups in total. The first-order valence-electron chi connectivity index (χ1n) is 14.8. The standard InChI is InChI=1S/C39H48/c1-36(2,3)26-18-16-25(17-19-26)31-23-29(38(7,8)9)24-33-34(31)30-21-20-28(37(4,5)6)22-32(30)35(33)39(10,11)27-14-12-13-15-27/h12,14-24,35H,13H2,1-11H3. The minimum absolute atomic E-state index is 0.0205. The SMILES string of the molecule is CC(C)(C)c1ccc(-c2cc(C(C)(C)C)cc3c2-c2ccc(C(C)(C)C)cc2C3C(C)(C)C2=CCC=C2)cc1. The molecule has 0 aromatic heterocycles. The van der Waals surface area contributed by atoms with Crippen molar-refractivity contribution in [1.29, 1.82) is 0 Å². The monoisotopic (exact) mass is 516 g/mol. The predicted molar refractivity (Wildman–Crippen MR) is 171 cm³/mol. The zero-order valence-electron chi connectivity index (χ0n) is 26.2. The number of rotatable bonds is 3. The fourth-order valence-corrected chi connectivity index (χ4v) is 6.55. The summed E-state index contributed by atoms with van der Waals surface area (Å²) in [5.74, 6) is 0.300.